The Hall–Kier alpha value is -0.860. The molecule has 1 aromatic carbocycles. The van der Waals surface area contributed by atoms with E-state index in [1.807, 2.05) is 7.11 Å². The molecule has 2 rings (SSSR count). The lowest BCUT2D eigenvalue weighted by Gasteiger charge is -2.43. The molecule has 0 saturated heterocycles. The fraction of sp³-hybridized carbons (Fsp3) is 0.625. The predicted octanol–water partition coefficient (Wildman–Crippen LogP) is 3.69. The van der Waals surface area contributed by atoms with Crippen LogP contribution in [-0.4, -0.2) is 19.3 Å². The first kappa shape index (κ1) is 13.6. The van der Waals surface area contributed by atoms with Gasteiger partial charge in [0.2, 0.25) is 0 Å². The summed E-state index contributed by atoms with van der Waals surface area (Å²) in [5.41, 5.74) is 1.51. The highest BCUT2D eigenvalue weighted by Crippen LogP contribution is 2.41. The lowest BCUT2D eigenvalue weighted by molar-refractivity contribution is -0.0838. The van der Waals surface area contributed by atoms with Crippen molar-refractivity contribution in [2.75, 3.05) is 13.7 Å². The third kappa shape index (κ3) is 3.12. The van der Waals surface area contributed by atoms with Gasteiger partial charge in [-0.05, 0) is 44.2 Å². The van der Waals surface area contributed by atoms with Crippen molar-refractivity contribution in [2.45, 2.75) is 50.7 Å². The van der Waals surface area contributed by atoms with Gasteiger partial charge in [0.25, 0.3) is 0 Å². The van der Waals surface area contributed by atoms with Crippen molar-refractivity contribution in [2.24, 2.45) is 0 Å². The van der Waals surface area contributed by atoms with E-state index in [2.05, 4.69) is 42.6 Å². The molecular weight excluding hydrogens is 222 g/mol. The normalized spacial score (nSPS) is 19.2. The summed E-state index contributed by atoms with van der Waals surface area (Å²) < 4.78 is 5.77. The molecule has 1 aromatic rings. The van der Waals surface area contributed by atoms with Crippen LogP contribution in [0.5, 0.6) is 0 Å². The van der Waals surface area contributed by atoms with Gasteiger partial charge in [-0.1, -0.05) is 37.3 Å². The van der Waals surface area contributed by atoms with Crippen LogP contribution in [0.1, 0.15) is 50.6 Å². The SMILES string of the molecule is CCCNC(CC1(OC)CCC1)c1ccccc1. The molecule has 100 valence electrons. The Morgan fingerprint density at radius 1 is 1.28 bits per heavy atom. The van der Waals surface area contributed by atoms with Gasteiger partial charge < -0.3 is 10.1 Å². The van der Waals surface area contributed by atoms with Crippen molar-refractivity contribution in [3.8, 4) is 0 Å². The van der Waals surface area contributed by atoms with Gasteiger partial charge in [-0.2, -0.15) is 0 Å². The lowest BCUT2D eigenvalue weighted by atomic mass is 9.74. The molecule has 0 amide bonds. The van der Waals surface area contributed by atoms with E-state index in [9.17, 15) is 0 Å². The number of nitrogens with one attached hydrogen (secondary N) is 1. The van der Waals surface area contributed by atoms with E-state index < -0.39 is 0 Å². The Kier molecular flexibility index (Phi) is 4.79. The number of ether oxygens (including phenoxy) is 1. The number of benzene rings is 1. The largest absolute Gasteiger partial charge is 0.378 e. The molecule has 1 atom stereocenters. The Morgan fingerprint density at radius 2 is 2.00 bits per heavy atom. The second-order valence-electron chi connectivity index (χ2n) is 5.36. The highest BCUT2D eigenvalue weighted by atomic mass is 16.5. The maximum absolute atomic E-state index is 5.77. The second kappa shape index (κ2) is 6.35. The lowest BCUT2D eigenvalue weighted by Crippen LogP contribution is -2.43. The van der Waals surface area contributed by atoms with Crippen molar-refractivity contribution in [1.29, 1.82) is 0 Å². The van der Waals surface area contributed by atoms with Crippen LogP contribution in [0.2, 0.25) is 0 Å². The van der Waals surface area contributed by atoms with Gasteiger partial charge in [0.15, 0.2) is 0 Å². The topological polar surface area (TPSA) is 21.3 Å². The van der Waals surface area contributed by atoms with E-state index >= 15 is 0 Å². The van der Waals surface area contributed by atoms with E-state index in [0.717, 1.165) is 13.0 Å². The standard InChI is InChI=1S/C16H25NO/c1-3-12-17-15(14-8-5-4-6-9-14)13-16(18-2)10-7-11-16/h4-6,8-9,15,17H,3,7,10-13H2,1-2H3. The number of methoxy groups -OCH3 is 1. The highest BCUT2D eigenvalue weighted by Gasteiger charge is 2.39. The first-order valence-corrected chi connectivity index (χ1v) is 7.13. The van der Waals surface area contributed by atoms with E-state index in [1.54, 1.807) is 0 Å². The molecule has 2 nitrogen and oxygen atoms in total. The molecule has 0 bridgehead atoms. The first-order chi connectivity index (χ1) is 8.79. The molecule has 0 heterocycles. The van der Waals surface area contributed by atoms with Crippen LogP contribution >= 0.6 is 0 Å². The van der Waals surface area contributed by atoms with Crippen molar-refractivity contribution < 1.29 is 4.74 Å². The highest BCUT2D eigenvalue weighted by molar-refractivity contribution is 5.20. The third-order valence-electron chi connectivity index (χ3n) is 4.12. The van der Waals surface area contributed by atoms with Crippen LogP contribution in [0.15, 0.2) is 30.3 Å². The van der Waals surface area contributed by atoms with Crippen molar-refractivity contribution in [3.63, 3.8) is 0 Å². The molecule has 1 saturated carbocycles. The summed E-state index contributed by atoms with van der Waals surface area (Å²) in [5, 5.41) is 3.66. The zero-order valence-corrected chi connectivity index (χ0v) is 11.6. The maximum Gasteiger partial charge on any atom is 0.0697 e. The molecule has 1 aliphatic carbocycles. The monoisotopic (exact) mass is 247 g/mol. The van der Waals surface area contributed by atoms with Crippen molar-refractivity contribution in [1.82, 2.24) is 5.32 Å². The van der Waals surface area contributed by atoms with Gasteiger partial charge in [0, 0.05) is 13.2 Å². The maximum atomic E-state index is 5.77. The zero-order valence-electron chi connectivity index (χ0n) is 11.6. The van der Waals surface area contributed by atoms with E-state index in [4.69, 9.17) is 4.74 Å². The van der Waals surface area contributed by atoms with Gasteiger partial charge in [-0.3, -0.25) is 0 Å². The van der Waals surface area contributed by atoms with Crippen LogP contribution in [0, 0.1) is 0 Å². The van der Waals surface area contributed by atoms with Gasteiger partial charge in [0.1, 0.15) is 0 Å². The minimum absolute atomic E-state index is 0.126. The minimum atomic E-state index is 0.126. The smallest absolute Gasteiger partial charge is 0.0697 e. The summed E-state index contributed by atoms with van der Waals surface area (Å²) in [6.07, 6.45) is 5.99. The molecule has 1 N–H and O–H groups in total. The Labute approximate surface area is 111 Å². The molecule has 1 aliphatic rings. The van der Waals surface area contributed by atoms with Crippen LogP contribution in [-0.2, 0) is 4.74 Å². The summed E-state index contributed by atoms with van der Waals surface area (Å²) >= 11 is 0. The van der Waals surface area contributed by atoms with E-state index in [-0.39, 0.29) is 5.60 Å². The number of hydrogen-bond donors (Lipinski definition) is 1. The summed E-state index contributed by atoms with van der Waals surface area (Å²) in [4.78, 5) is 0. The molecule has 2 heteroatoms. The quantitative estimate of drug-likeness (QED) is 0.793. The van der Waals surface area contributed by atoms with Crippen molar-refractivity contribution >= 4 is 0 Å². The average molecular weight is 247 g/mol. The molecule has 1 unspecified atom stereocenters. The summed E-state index contributed by atoms with van der Waals surface area (Å²) in [6.45, 7) is 3.28. The minimum Gasteiger partial charge on any atom is -0.378 e. The van der Waals surface area contributed by atoms with Crippen LogP contribution in [0.25, 0.3) is 0 Å². The van der Waals surface area contributed by atoms with Crippen molar-refractivity contribution in [3.05, 3.63) is 35.9 Å². The molecule has 0 spiro atoms. The van der Waals surface area contributed by atoms with Gasteiger partial charge >= 0.3 is 0 Å². The summed E-state index contributed by atoms with van der Waals surface area (Å²) in [5.74, 6) is 0. The number of hydrogen-bond acceptors (Lipinski definition) is 2. The number of rotatable bonds is 7. The van der Waals surface area contributed by atoms with E-state index in [0.29, 0.717) is 6.04 Å². The van der Waals surface area contributed by atoms with Crippen LogP contribution in [0.3, 0.4) is 0 Å². The molecule has 0 aromatic heterocycles. The molecule has 18 heavy (non-hydrogen) atoms. The fourth-order valence-electron chi connectivity index (χ4n) is 2.75. The first-order valence-electron chi connectivity index (χ1n) is 7.13. The Balaban J connectivity index is 2.05. The average Bonchev–Trinajstić information content (AvgIpc) is 2.38. The molecule has 0 aliphatic heterocycles. The predicted molar refractivity (Wildman–Crippen MR) is 75.7 cm³/mol. The zero-order chi connectivity index (χ0) is 12.8. The Morgan fingerprint density at radius 3 is 2.50 bits per heavy atom. The van der Waals surface area contributed by atoms with Crippen LogP contribution < -0.4 is 5.32 Å². The van der Waals surface area contributed by atoms with Crippen LogP contribution in [0.4, 0.5) is 0 Å². The summed E-state index contributed by atoms with van der Waals surface area (Å²) in [7, 11) is 1.86. The Bertz CT molecular complexity index is 340. The third-order valence-corrected chi connectivity index (χ3v) is 4.12. The van der Waals surface area contributed by atoms with E-state index in [1.165, 1.54) is 31.2 Å². The molecule has 0 radical (unpaired) electrons. The fourth-order valence-corrected chi connectivity index (χ4v) is 2.75. The van der Waals surface area contributed by atoms with Gasteiger partial charge in [0.05, 0.1) is 5.60 Å². The second-order valence-corrected chi connectivity index (χ2v) is 5.36. The molecule has 1 fully saturated rings. The van der Waals surface area contributed by atoms with Gasteiger partial charge in [-0.15, -0.1) is 0 Å². The van der Waals surface area contributed by atoms with Gasteiger partial charge in [-0.25, -0.2) is 0 Å². The molecular formula is C16H25NO. The summed E-state index contributed by atoms with van der Waals surface area (Å²) in [6, 6.07) is 11.2.